The zero-order valence-corrected chi connectivity index (χ0v) is 15.2. The number of nitrogens with one attached hydrogen (secondary N) is 1. The van der Waals surface area contributed by atoms with Gasteiger partial charge in [-0.1, -0.05) is 0 Å². The predicted molar refractivity (Wildman–Crippen MR) is 89.6 cm³/mol. The summed E-state index contributed by atoms with van der Waals surface area (Å²) in [6, 6.07) is 6.84. The van der Waals surface area contributed by atoms with Crippen LogP contribution < -0.4 is 10.5 Å². The number of rotatable bonds is 4. The fraction of sp³-hybridized carbons (Fsp3) is 0.167. The second-order valence-electron chi connectivity index (χ2n) is 4.22. The van der Waals surface area contributed by atoms with E-state index in [1.165, 1.54) is 17.0 Å². The van der Waals surface area contributed by atoms with Gasteiger partial charge in [-0.3, -0.25) is 0 Å². The molecule has 1 atom stereocenters. The summed E-state index contributed by atoms with van der Waals surface area (Å²) in [7, 11) is -3.68. The fourth-order valence-electron chi connectivity index (χ4n) is 1.65. The van der Waals surface area contributed by atoms with Crippen LogP contribution in [0.3, 0.4) is 0 Å². The Labute approximate surface area is 138 Å². The molecular weight excluding hydrogens is 428 g/mol. The Hall–Kier alpha value is -0.410. The minimum Gasteiger partial charge on any atom is -0.377 e. The summed E-state index contributed by atoms with van der Waals surface area (Å²) in [5.74, 6) is 0. The number of nitrogens with two attached hydrogens (primary N) is 1. The lowest BCUT2D eigenvalue weighted by Gasteiger charge is -2.15. The Kier molecular flexibility index (Phi) is 4.91. The zero-order valence-electron chi connectivity index (χ0n) is 10.4. The highest BCUT2D eigenvalue weighted by atomic mass is 79.9. The van der Waals surface area contributed by atoms with E-state index in [-0.39, 0.29) is 10.9 Å². The SMILES string of the molecule is CC(Nc1ccc(S(N)(=O)=O)cc1Br)c1cc(Br)cs1. The van der Waals surface area contributed by atoms with Crippen LogP contribution >= 0.6 is 43.2 Å². The molecule has 0 saturated carbocycles. The van der Waals surface area contributed by atoms with E-state index >= 15 is 0 Å². The molecule has 2 aromatic rings. The van der Waals surface area contributed by atoms with Crippen molar-refractivity contribution in [3.63, 3.8) is 0 Å². The van der Waals surface area contributed by atoms with Crippen LogP contribution in [0.15, 0.2) is 43.5 Å². The second kappa shape index (κ2) is 6.15. The summed E-state index contributed by atoms with van der Waals surface area (Å²) in [5, 5.41) is 10.4. The summed E-state index contributed by atoms with van der Waals surface area (Å²) in [6.45, 7) is 2.04. The van der Waals surface area contributed by atoms with Crippen molar-refractivity contribution >= 4 is 58.9 Å². The summed E-state index contributed by atoms with van der Waals surface area (Å²) < 4.78 is 24.3. The van der Waals surface area contributed by atoms with E-state index < -0.39 is 10.0 Å². The van der Waals surface area contributed by atoms with Crippen LogP contribution in [0.1, 0.15) is 17.8 Å². The molecule has 0 radical (unpaired) electrons. The molecule has 108 valence electrons. The van der Waals surface area contributed by atoms with Gasteiger partial charge in [0.05, 0.1) is 10.9 Å². The first kappa shape index (κ1) is 16.0. The van der Waals surface area contributed by atoms with Gasteiger partial charge in [-0.2, -0.15) is 0 Å². The molecule has 0 aliphatic carbocycles. The van der Waals surface area contributed by atoms with Gasteiger partial charge in [0.2, 0.25) is 10.0 Å². The van der Waals surface area contributed by atoms with Crippen molar-refractivity contribution in [2.24, 2.45) is 5.14 Å². The van der Waals surface area contributed by atoms with Crippen LogP contribution in [0.5, 0.6) is 0 Å². The van der Waals surface area contributed by atoms with Crippen molar-refractivity contribution in [3.05, 3.63) is 43.5 Å². The van der Waals surface area contributed by atoms with E-state index in [1.54, 1.807) is 17.4 Å². The van der Waals surface area contributed by atoms with Crippen molar-refractivity contribution in [2.45, 2.75) is 17.9 Å². The van der Waals surface area contributed by atoms with E-state index in [0.717, 1.165) is 10.2 Å². The molecule has 20 heavy (non-hydrogen) atoms. The van der Waals surface area contributed by atoms with Crippen LogP contribution in [0.25, 0.3) is 0 Å². The topological polar surface area (TPSA) is 72.2 Å². The van der Waals surface area contributed by atoms with Crippen molar-refractivity contribution in [3.8, 4) is 0 Å². The summed E-state index contributed by atoms with van der Waals surface area (Å²) in [4.78, 5) is 1.26. The van der Waals surface area contributed by atoms with Crippen molar-refractivity contribution in [1.82, 2.24) is 0 Å². The maximum atomic E-state index is 11.3. The average molecular weight is 440 g/mol. The molecule has 1 heterocycles. The van der Waals surface area contributed by atoms with E-state index in [2.05, 4.69) is 43.2 Å². The van der Waals surface area contributed by atoms with Crippen LogP contribution in [0.4, 0.5) is 5.69 Å². The highest BCUT2D eigenvalue weighted by Crippen LogP contribution is 2.31. The number of hydrogen-bond donors (Lipinski definition) is 2. The number of anilines is 1. The summed E-state index contributed by atoms with van der Waals surface area (Å²) in [5.41, 5.74) is 0.814. The molecular formula is C12H12Br2N2O2S2. The standard InChI is InChI=1S/C12H12Br2N2O2S2/c1-7(12-4-8(13)6-19-12)16-11-3-2-9(5-10(11)14)20(15,17)18/h2-7,16H,1H3,(H2,15,17,18). The van der Waals surface area contributed by atoms with E-state index in [0.29, 0.717) is 4.47 Å². The van der Waals surface area contributed by atoms with Gasteiger partial charge >= 0.3 is 0 Å². The third-order valence-corrected chi connectivity index (χ3v) is 6.10. The highest BCUT2D eigenvalue weighted by molar-refractivity contribution is 9.10. The van der Waals surface area contributed by atoms with Crippen LogP contribution in [0.2, 0.25) is 0 Å². The van der Waals surface area contributed by atoms with Gasteiger partial charge < -0.3 is 5.32 Å². The summed E-state index contributed by atoms with van der Waals surface area (Å²) >= 11 is 8.43. The third-order valence-electron chi connectivity index (χ3n) is 2.66. The van der Waals surface area contributed by atoms with Crippen LogP contribution in [-0.4, -0.2) is 8.42 Å². The van der Waals surface area contributed by atoms with Crippen molar-refractivity contribution < 1.29 is 8.42 Å². The Bertz CT molecular complexity index is 729. The molecule has 0 aliphatic rings. The Morgan fingerprint density at radius 2 is 2.00 bits per heavy atom. The fourth-order valence-corrected chi connectivity index (χ4v) is 4.29. The molecule has 0 fully saturated rings. The first-order valence-electron chi connectivity index (χ1n) is 5.60. The van der Waals surface area contributed by atoms with Crippen LogP contribution in [-0.2, 0) is 10.0 Å². The van der Waals surface area contributed by atoms with Gasteiger partial charge in [0.25, 0.3) is 0 Å². The highest BCUT2D eigenvalue weighted by Gasteiger charge is 2.13. The number of hydrogen-bond acceptors (Lipinski definition) is 4. The van der Waals surface area contributed by atoms with Gasteiger partial charge in [0.1, 0.15) is 0 Å². The Balaban J connectivity index is 2.22. The number of sulfonamides is 1. The minimum atomic E-state index is -3.68. The van der Waals surface area contributed by atoms with E-state index in [4.69, 9.17) is 5.14 Å². The molecule has 0 aliphatic heterocycles. The van der Waals surface area contributed by atoms with Crippen molar-refractivity contribution in [2.75, 3.05) is 5.32 Å². The molecule has 1 unspecified atom stereocenters. The first-order valence-corrected chi connectivity index (χ1v) is 9.61. The van der Waals surface area contributed by atoms with Gasteiger partial charge in [-0.25, -0.2) is 13.6 Å². The number of primary sulfonamides is 1. The van der Waals surface area contributed by atoms with E-state index in [1.807, 2.05) is 12.3 Å². The van der Waals surface area contributed by atoms with Gasteiger partial charge in [-0.15, -0.1) is 11.3 Å². The molecule has 1 aromatic carbocycles. The second-order valence-corrected chi connectivity index (χ2v) is 8.49. The lowest BCUT2D eigenvalue weighted by atomic mass is 10.2. The number of halogens is 2. The monoisotopic (exact) mass is 438 g/mol. The average Bonchev–Trinajstić information content (AvgIpc) is 2.77. The lowest BCUT2D eigenvalue weighted by molar-refractivity contribution is 0.598. The molecule has 2 rings (SSSR count). The number of benzene rings is 1. The van der Waals surface area contributed by atoms with E-state index in [9.17, 15) is 8.42 Å². The maximum Gasteiger partial charge on any atom is 0.238 e. The normalized spacial score (nSPS) is 13.2. The molecule has 0 saturated heterocycles. The molecule has 3 N–H and O–H groups in total. The van der Waals surface area contributed by atoms with Gasteiger partial charge in [0, 0.05) is 24.9 Å². The quantitative estimate of drug-likeness (QED) is 0.753. The van der Waals surface area contributed by atoms with Crippen LogP contribution in [0, 0.1) is 0 Å². The largest absolute Gasteiger partial charge is 0.377 e. The number of thiophene rings is 1. The molecule has 4 nitrogen and oxygen atoms in total. The molecule has 1 aromatic heterocycles. The summed E-state index contributed by atoms with van der Waals surface area (Å²) in [6.07, 6.45) is 0. The Morgan fingerprint density at radius 1 is 1.30 bits per heavy atom. The van der Waals surface area contributed by atoms with Gasteiger partial charge in [-0.05, 0) is 63.0 Å². The molecule has 0 spiro atoms. The first-order chi connectivity index (χ1) is 9.27. The third kappa shape index (κ3) is 3.82. The maximum absolute atomic E-state index is 11.3. The predicted octanol–water partition coefficient (Wildman–Crippen LogP) is 4.09. The lowest BCUT2D eigenvalue weighted by Crippen LogP contribution is -2.12. The molecule has 0 amide bonds. The smallest absolute Gasteiger partial charge is 0.238 e. The Morgan fingerprint density at radius 3 is 2.50 bits per heavy atom. The zero-order chi connectivity index (χ0) is 14.9. The minimum absolute atomic E-state index is 0.0847. The molecule has 0 bridgehead atoms. The molecule has 8 heteroatoms. The van der Waals surface area contributed by atoms with Crippen molar-refractivity contribution in [1.29, 1.82) is 0 Å². The van der Waals surface area contributed by atoms with Gasteiger partial charge in [0.15, 0.2) is 0 Å².